The molecule has 6 nitrogen and oxygen atoms in total. The highest BCUT2D eigenvalue weighted by Crippen LogP contribution is 2.16. The number of carbonyl (C=O) groups is 3. The van der Waals surface area contributed by atoms with Crippen LogP contribution in [-0.4, -0.2) is 37.2 Å². The van der Waals surface area contributed by atoms with Crippen molar-refractivity contribution in [2.24, 2.45) is 0 Å². The van der Waals surface area contributed by atoms with Crippen LogP contribution in [0.15, 0.2) is 97.2 Å². The van der Waals surface area contributed by atoms with Crippen LogP contribution in [0.25, 0.3) is 0 Å². The Morgan fingerprint density at radius 2 is 0.657 bits per heavy atom. The van der Waals surface area contributed by atoms with Crippen molar-refractivity contribution >= 4 is 17.9 Å². The smallest absolute Gasteiger partial charge is 0.306 e. The SMILES string of the molecule is CC\C=C/C=C\C=C/C=C\C=C/CCCCCC(=O)OC(COC(=O)CCCCCCCCCCC/C=C\C/C=C\C/C=C\CC)COC(=O)CCCCCCCCCCCCCCCCC. The summed E-state index contributed by atoms with van der Waals surface area (Å²) in [5, 5.41) is 0. The third kappa shape index (κ3) is 53.2. The zero-order chi connectivity index (χ0) is 48.6. The van der Waals surface area contributed by atoms with Gasteiger partial charge >= 0.3 is 17.9 Å². The van der Waals surface area contributed by atoms with E-state index in [1.807, 2.05) is 48.6 Å². The fraction of sp³-hybridized carbons (Fsp3) is 0.689. The van der Waals surface area contributed by atoms with E-state index in [9.17, 15) is 14.4 Å². The van der Waals surface area contributed by atoms with E-state index in [2.05, 4.69) is 69.4 Å². The Hall–Kier alpha value is -3.67. The summed E-state index contributed by atoms with van der Waals surface area (Å²) in [7, 11) is 0. The molecule has 67 heavy (non-hydrogen) atoms. The Morgan fingerprint density at radius 3 is 1.10 bits per heavy atom. The summed E-state index contributed by atoms with van der Waals surface area (Å²) in [6.07, 6.45) is 72.5. The molecule has 0 saturated carbocycles. The van der Waals surface area contributed by atoms with Crippen LogP contribution in [0.2, 0.25) is 0 Å². The molecule has 0 bridgehead atoms. The van der Waals surface area contributed by atoms with Gasteiger partial charge in [-0.1, -0.05) is 259 Å². The molecule has 0 aromatic heterocycles. The molecule has 0 amide bonds. The van der Waals surface area contributed by atoms with Gasteiger partial charge in [-0.15, -0.1) is 0 Å². The molecule has 0 spiro atoms. The number of allylic oxidation sites excluding steroid dienone is 16. The van der Waals surface area contributed by atoms with Crippen molar-refractivity contribution in [3.63, 3.8) is 0 Å². The lowest BCUT2D eigenvalue weighted by molar-refractivity contribution is -0.167. The fourth-order valence-electron chi connectivity index (χ4n) is 7.60. The third-order valence-electron chi connectivity index (χ3n) is 11.7. The summed E-state index contributed by atoms with van der Waals surface area (Å²) in [6.45, 7) is 6.36. The number of rotatable bonds is 49. The highest BCUT2D eigenvalue weighted by atomic mass is 16.6. The van der Waals surface area contributed by atoms with E-state index in [4.69, 9.17) is 14.2 Å². The molecule has 0 aliphatic carbocycles. The molecule has 0 saturated heterocycles. The normalized spacial score (nSPS) is 12.8. The number of ether oxygens (including phenoxy) is 3. The van der Waals surface area contributed by atoms with E-state index in [-0.39, 0.29) is 37.5 Å². The Kier molecular flexibility index (Phi) is 51.9. The first-order valence-electron chi connectivity index (χ1n) is 27.8. The summed E-state index contributed by atoms with van der Waals surface area (Å²) < 4.78 is 16.8. The monoisotopic (exact) mass is 931 g/mol. The molecule has 382 valence electrons. The number of hydrogen-bond donors (Lipinski definition) is 0. The predicted octanol–water partition coefficient (Wildman–Crippen LogP) is 18.5. The number of carbonyl (C=O) groups excluding carboxylic acids is 3. The maximum atomic E-state index is 12.8. The maximum absolute atomic E-state index is 12.8. The van der Waals surface area contributed by atoms with Gasteiger partial charge in [0.05, 0.1) is 0 Å². The van der Waals surface area contributed by atoms with Crippen LogP contribution in [0.1, 0.15) is 252 Å². The van der Waals surface area contributed by atoms with Crippen LogP contribution in [0.3, 0.4) is 0 Å². The number of esters is 3. The number of hydrogen-bond acceptors (Lipinski definition) is 6. The average Bonchev–Trinajstić information content (AvgIpc) is 3.33. The second kappa shape index (κ2) is 54.9. The first-order valence-corrected chi connectivity index (χ1v) is 27.8. The van der Waals surface area contributed by atoms with Gasteiger partial charge < -0.3 is 14.2 Å². The predicted molar refractivity (Wildman–Crippen MR) is 288 cm³/mol. The molecule has 1 atom stereocenters. The molecule has 0 aromatic carbocycles. The van der Waals surface area contributed by atoms with Crippen molar-refractivity contribution in [3.8, 4) is 0 Å². The van der Waals surface area contributed by atoms with Crippen LogP contribution < -0.4 is 0 Å². The van der Waals surface area contributed by atoms with Crippen molar-refractivity contribution in [1.82, 2.24) is 0 Å². The molecule has 0 aromatic rings. The molecular formula is C61H102O6. The van der Waals surface area contributed by atoms with Crippen LogP contribution in [0.4, 0.5) is 0 Å². The largest absolute Gasteiger partial charge is 0.462 e. The van der Waals surface area contributed by atoms with Crippen molar-refractivity contribution in [1.29, 1.82) is 0 Å². The molecule has 6 heteroatoms. The van der Waals surface area contributed by atoms with Gasteiger partial charge in [-0.25, -0.2) is 0 Å². The lowest BCUT2D eigenvalue weighted by Crippen LogP contribution is -2.30. The Bertz CT molecular complexity index is 1350. The second-order valence-corrected chi connectivity index (χ2v) is 18.2. The minimum Gasteiger partial charge on any atom is -0.462 e. The molecule has 0 rings (SSSR count). The quantitative estimate of drug-likeness (QED) is 0.0199. The van der Waals surface area contributed by atoms with Crippen molar-refractivity contribution < 1.29 is 28.6 Å². The number of unbranched alkanes of at least 4 members (excludes halogenated alkanes) is 26. The Labute approximate surface area is 413 Å². The summed E-state index contributed by atoms with van der Waals surface area (Å²) in [5.41, 5.74) is 0. The van der Waals surface area contributed by atoms with Gasteiger partial charge in [0.15, 0.2) is 6.10 Å². The molecule has 0 aliphatic heterocycles. The van der Waals surface area contributed by atoms with Crippen molar-refractivity contribution in [2.45, 2.75) is 258 Å². The first kappa shape index (κ1) is 63.3. The lowest BCUT2D eigenvalue weighted by Gasteiger charge is -2.18. The Balaban J connectivity index is 4.44. The zero-order valence-corrected chi connectivity index (χ0v) is 43.6. The van der Waals surface area contributed by atoms with Crippen LogP contribution in [-0.2, 0) is 28.6 Å². The third-order valence-corrected chi connectivity index (χ3v) is 11.7. The van der Waals surface area contributed by atoms with Crippen LogP contribution in [0, 0.1) is 0 Å². The summed E-state index contributed by atoms with van der Waals surface area (Å²) in [6, 6.07) is 0. The molecule has 0 heterocycles. The van der Waals surface area contributed by atoms with Gasteiger partial charge in [-0.3, -0.25) is 14.4 Å². The second-order valence-electron chi connectivity index (χ2n) is 18.2. The first-order chi connectivity index (χ1) is 33.0. The molecule has 0 N–H and O–H groups in total. The average molecular weight is 931 g/mol. The van der Waals surface area contributed by atoms with E-state index >= 15 is 0 Å². The fourth-order valence-corrected chi connectivity index (χ4v) is 7.60. The summed E-state index contributed by atoms with van der Waals surface area (Å²) in [4.78, 5) is 38.1. The van der Waals surface area contributed by atoms with Crippen molar-refractivity contribution in [2.75, 3.05) is 13.2 Å². The maximum Gasteiger partial charge on any atom is 0.306 e. The highest BCUT2D eigenvalue weighted by Gasteiger charge is 2.19. The van der Waals surface area contributed by atoms with Crippen LogP contribution >= 0.6 is 0 Å². The molecule has 0 radical (unpaired) electrons. The van der Waals surface area contributed by atoms with Gasteiger partial charge in [-0.2, -0.15) is 0 Å². The lowest BCUT2D eigenvalue weighted by atomic mass is 10.0. The van der Waals surface area contributed by atoms with Gasteiger partial charge in [0, 0.05) is 19.3 Å². The topological polar surface area (TPSA) is 78.9 Å². The Morgan fingerprint density at radius 1 is 0.328 bits per heavy atom. The van der Waals surface area contributed by atoms with E-state index in [0.717, 1.165) is 83.5 Å². The summed E-state index contributed by atoms with van der Waals surface area (Å²) >= 11 is 0. The molecule has 0 fully saturated rings. The van der Waals surface area contributed by atoms with Gasteiger partial charge in [0.1, 0.15) is 13.2 Å². The molecule has 1 unspecified atom stereocenters. The van der Waals surface area contributed by atoms with Crippen molar-refractivity contribution in [3.05, 3.63) is 97.2 Å². The van der Waals surface area contributed by atoms with Gasteiger partial charge in [-0.05, 0) is 70.6 Å². The van der Waals surface area contributed by atoms with Crippen LogP contribution in [0.5, 0.6) is 0 Å². The van der Waals surface area contributed by atoms with Gasteiger partial charge in [0.25, 0.3) is 0 Å². The molecular weight excluding hydrogens is 829 g/mol. The van der Waals surface area contributed by atoms with E-state index in [0.29, 0.717) is 19.3 Å². The highest BCUT2D eigenvalue weighted by molar-refractivity contribution is 5.71. The summed E-state index contributed by atoms with van der Waals surface area (Å²) in [5.74, 6) is -0.939. The van der Waals surface area contributed by atoms with E-state index in [1.54, 1.807) is 0 Å². The minimum absolute atomic E-state index is 0.0952. The van der Waals surface area contributed by atoms with E-state index < -0.39 is 6.10 Å². The van der Waals surface area contributed by atoms with E-state index in [1.165, 1.54) is 122 Å². The zero-order valence-electron chi connectivity index (χ0n) is 43.6. The standard InChI is InChI=1S/C61H102O6/c1-4-7-10-13-16-19-22-25-28-29-30-31-34-36-39-42-45-48-51-54-60(63)66-57-58(67-61(64)55-52-49-46-43-40-37-33-27-24-21-18-15-12-9-6-3)56-65-59(62)53-50-47-44-41-38-35-32-26-23-20-17-14-11-8-5-2/h7,9-10,12,15-16,18-19,21,24-25,27-28,33,37,40,58H,4-6,8,11,13-14,17,20,22-23,26,29-32,34-36,38-39,41-57H2,1-3H3/b10-7-,12-9-,18-15-,19-16-,24-21-,28-25-,33-27-,40-37-. The molecule has 0 aliphatic rings. The minimum atomic E-state index is -0.801. The van der Waals surface area contributed by atoms with Gasteiger partial charge in [0.2, 0.25) is 0 Å².